The SMILES string of the molecule is S=C(N/N=C(/Cn1ccnc1)c1ccc2ccccc2c1)Nc1ccc(Cl)cc1. The van der Waals surface area contributed by atoms with E-state index in [-0.39, 0.29) is 0 Å². The Balaban J connectivity index is 1.57. The second-order valence-electron chi connectivity index (χ2n) is 6.43. The quantitative estimate of drug-likeness (QED) is 0.269. The number of aromatic nitrogens is 2. The normalized spacial score (nSPS) is 11.4. The van der Waals surface area contributed by atoms with Crippen LogP contribution in [0.5, 0.6) is 0 Å². The molecule has 1 aromatic heterocycles. The van der Waals surface area contributed by atoms with Gasteiger partial charge in [0.1, 0.15) is 0 Å². The molecule has 0 atom stereocenters. The van der Waals surface area contributed by atoms with Gasteiger partial charge in [0.2, 0.25) is 0 Å². The lowest BCUT2D eigenvalue weighted by molar-refractivity contribution is 0.839. The van der Waals surface area contributed by atoms with Crippen LogP contribution in [0, 0.1) is 0 Å². The van der Waals surface area contributed by atoms with Crippen LogP contribution in [0.25, 0.3) is 10.8 Å². The van der Waals surface area contributed by atoms with Crippen molar-refractivity contribution in [1.82, 2.24) is 15.0 Å². The molecule has 1 heterocycles. The number of hydrogen-bond acceptors (Lipinski definition) is 3. The molecule has 0 unspecified atom stereocenters. The van der Waals surface area contributed by atoms with Gasteiger partial charge in [-0.15, -0.1) is 0 Å². The summed E-state index contributed by atoms with van der Waals surface area (Å²) in [4.78, 5) is 4.12. The number of hydrazone groups is 1. The van der Waals surface area contributed by atoms with Crippen molar-refractivity contribution < 1.29 is 0 Å². The summed E-state index contributed by atoms with van der Waals surface area (Å²) in [5.74, 6) is 0. The molecule has 4 rings (SSSR count). The van der Waals surface area contributed by atoms with E-state index in [0.717, 1.165) is 22.3 Å². The number of nitrogens with zero attached hydrogens (tertiary/aromatic N) is 3. The van der Waals surface area contributed by atoms with Crippen molar-refractivity contribution in [3.05, 3.63) is 96.0 Å². The molecule has 0 aliphatic carbocycles. The molecule has 0 fully saturated rings. The molecule has 3 aromatic carbocycles. The van der Waals surface area contributed by atoms with E-state index in [1.807, 2.05) is 35.0 Å². The largest absolute Gasteiger partial charge is 0.331 e. The van der Waals surface area contributed by atoms with Gasteiger partial charge in [-0.25, -0.2) is 4.98 Å². The molecule has 0 bridgehead atoms. The van der Waals surface area contributed by atoms with E-state index < -0.39 is 0 Å². The molecule has 7 heteroatoms. The van der Waals surface area contributed by atoms with Crippen LogP contribution in [-0.4, -0.2) is 20.4 Å². The first-order valence-corrected chi connectivity index (χ1v) is 9.80. The molecule has 144 valence electrons. The van der Waals surface area contributed by atoms with Crippen molar-refractivity contribution in [1.29, 1.82) is 0 Å². The van der Waals surface area contributed by atoms with Gasteiger partial charge in [-0.05, 0) is 53.3 Å². The van der Waals surface area contributed by atoms with Gasteiger partial charge in [0.15, 0.2) is 5.11 Å². The first-order chi connectivity index (χ1) is 14.2. The summed E-state index contributed by atoms with van der Waals surface area (Å²) in [5, 5.41) is 11.1. The number of nitrogens with one attached hydrogen (secondary N) is 2. The number of hydrogen-bond donors (Lipinski definition) is 2. The number of rotatable bonds is 5. The molecule has 5 nitrogen and oxygen atoms in total. The predicted molar refractivity (Wildman–Crippen MR) is 124 cm³/mol. The van der Waals surface area contributed by atoms with Crippen LogP contribution in [0.2, 0.25) is 5.02 Å². The van der Waals surface area contributed by atoms with E-state index in [0.29, 0.717) is 16.7 Å². The minimum absolute atomic E-state index is 0.399. The number of thiocarbonyl (C=S) groups is 1. The molecule has 0 spiro atoms. The van der Waals surface area contributed by atoms with Crippen LogP contribution < -0.4 is 10.7 Å². The first-order valence-electron chi connectivity index (χ1n) is 9.01. The van der Waals surface area contributed by atoms with Crippen molar-refractivity contribution in [2.75, 3.05) is 5.32 Å². The Morgan fingerprint density at radius 1 is 1.03 bits per heavy atom. The average Bonchev–Trinajstić information content (AvgIpc) is 3.25. The van der Waals surface area contributed by atoms with Gasteiger partial charge in [-0.3, -0.25) is 5.43 Å². The Hall–Kier alpha value is -3.22. The third-order valence-corrected chi connectivity index (χ3v) is 4.81. The van der Waals surface area contributed by atoms with Gasteiger partial charge in [-0.2, -0.15) is 5.10 Å². The number of benzene rings is 3. The summed E-state index contributed by atoms with van der Waals surface area (Å²) in [7, 11) is 0. The summed E-state index contributed by atoms with van der Waals surface area (Å²) in [6, 6.07) is 21.8. The minimum atomic E-state index is 0.399. The summed E-state index contributed by atoms with van der Waals surface area (Å²) in [5.41, 5.74) is 5.64. The van der Waals surface area contributed by atoms with Gasteiger partial charge >= 0.3 is 0 Å². The van der Waals surface area contributed by atoms with Crippen LogP contribution in [0.4, 0.5) is 5.69 Å². The molecule has 0 aliphatic rings. The maximum Gasteiger partial charge on any atom is 0.191 e. The van der Waals surface area contributed by atoms with Crippen molar-refractivity contribution >= 4 is 51.1 Å². The van der Waals surface area contributed by atoms with E-state index in [1.165, 1.54) is 5.39 Å². The zero-order valence-corrected chi connectivity index (χ0v) is 17.0. The fourth-order valence-corrected chi connectivity index (χ4v) is 3.21. The van der Waals surface area contributed by atoms with Crippen molar-refractivity contribution in [3.8, 4) is 0 Å². The molecular formula is C22H18ClN5S. The number of fused-ring (bicyclic) bond motifs is 1. The Morgan fingerprint density at radius 2 is 1.83 bits per heavy atom. The van der Waals surface area contributed by atoms with Gasteiger partial charge in [0.25, 0.3) is 0 Å². The van der Waals surface area contributed by atoms with Gasteiger partial charge in [0, 0.05) is 28.7 Å². The predicted octanol–water partition coefficient (Wildman–Crippen LogP) is 5.08. The topological polar surface area (TPSA) is 54.2 Å². The van der Waals surface area contributed by atoms with Crippen LogP contribution in [-0.2, 0) is 6.54 Å². The Kier molecular flexibility index (Phi) is 5.84. The van der Waals surface area contributed by atoms with Gasteiger partial charge in [0.05, 0.1) is 18.6 Å². The molecule has 0 amide bonds. The van der Waals surface area contributed by atoms with Crippen molar-refractivity contribution in [2.24, 2.45) is 5.10 Å². The summed E-state index contributed by atoms with van der Waals surface area (Å²) in [6.07, 6.45) is 5.42. The summed E-state index contributed by atoms with van der Waals surface area (Å²) in [6.45, 7) is 0.564. The molecule has 2 N–H and O–H groups in total. The lowest BCUT2D eigenvalue weighted by Crippen LogP contribution is -2.26. The molecule has 0 saturated heterocycles. The lowest BCUT2D eigenvalue weighted by atomic mass is 10.0. The highest BCUT2D eigenvalue weighted by atomic mass is 35.5. The Morgan fingerprint density at radius 3 is 2.59 bits per heavy atom. The number of halogens is 1. The Bertz CT molecular complexity index is 1150. The molecular weight excluding hydrogens is 402 g/mol. The highest BCUT2D eigenvalue weighted by Crippen LogP contribution is 2.17. The number of imidazole rings is 1. The van der Waals surface area contributed by atoms with E-state index >= 15 is 0 Å². The van der Waals surface area contributed by atoms with Gasteiger partial charge in [-0.1, -0.05) is 48.0 Å². The van der Waals surface area contributed by atoms with Crippen molar-refractivity contribution in [2.45, 2.75) is 6.54 Å². The van der Waals surface area contributed by atoms with Crippen LogP contribution in [0.15, 0.2) is 90.6 Å². The zero-order valence-electron chi connectivity index (χ0n) is 15.4. The van der Waals surface area contributed by atoms with E-state index in [1.54, 1.807) is 24.7 Å². The molecule has 0 saturated carbocycles. The fraction of sp³-hybridized carbons (Fsp3) is 0.0455. The third kappa shape index (κ3) is 4.99. The highest BCUT2D eigenvalue weighted by Gasteiger charge is 2.07. The fourth-order valence-electron chi connectivity index (χ4n) is 2.92. The maximum atomic E-state index is 5.92. The van der Waals surface area contributed by atoms with E-state index in [4.69, 9.17) is 23.8 Å². The second-order valence-corrected chi connectivity index (χ2v) is 7.27. The van der Waals surface area contributed by atoms with E-state index in [9.17, 15) is 0 Å². The lowest BCUT2D eigenvalue weighted by Gasteiger charge is -2.12. The van der Waals surface area contributed by atoms with Gasteiger partial charge < -0.3 is 9.88 Å². The average molecular weight is 420 g/mol. The number of anilines is 1. The van der Waals surface area contributed by atoms with Crippen LogP contribution in [0.3, 0.4) is 0 Å². The Labute approximate surface area is 179 Å². The highest BCUT2D eigenvalue weighted by molar-refractivity contribution is 7.80. The second kappa shape index (κ2) is 8.86. The van der Waals surface area contributed by atoms with Crippen LogP contribution in [0.1, 0.15) is 5.56 Å². The molecule has 0 radical (unpaired) electrons. The summed E-state index contributed by atoms with van der Waals surface area (Å²) >= 11 is 11.3. The standard InChI is InChI=1S/C22H18ClN5S/c23-19-7-9-20(10-8-19)25-22(29)27-26-21(14-28-12-11-24-15-28)18-6-5-16-3-1-2-4-17(16)13-18/h1-13,15H,14H2,(H2,25,27,29)/b26-21-. The van der Waals surface area contributed by atoms with Crippen molar-refractivity contribution in [3.63, 3.8) is 0 Å². The smallest absolute Gasteiger partial charge is 0.191 e. The molecule has 29 heavy (non-hydrogen) atoms. The minimum Gasteiger partial charge on any atom is -0.331 e. The first kappa shape index (κ1) is 19.1. The van der Waals surface area contributed by atoms with E-state index in [2.05, 4.69) is 51.2 Å². The zero-order chi connectivity index (χ0) is 20.1. The molecule has 4 aromatic rings. The van der Waals surface area contributed by atoms with Crippen LogP contribution >= 0.6 is 23.8 Å². The summed E-state index contributed by atoms with van der Waals surface area (Å²) < 4.78 is 1.96. The maximum absolute atomic E-state index is 5.92. The third-order valence-electron chi connectivity index (χ3n) is 4.37. The molecule has 0 aliphatic heterocycles. The monoisotopic (exact) mass is 419 g/mol.